The molecule has 1 aromatic carbocycles. The van der Waals surface area contributed by atoms with E-state index < -0.39 is 0 Å². The zero-order chi connectivity index (χ0) is 18.8. The molecule has 0 bridgehead atoms. The number of ether oxygens (including phenoxy) is 1. The smallest absolute Gasteiger partial charge is 0.230 e. The fourth-order valence-electron chi connectivity index (χ4n) is 4.14. The van der Waals surface area contributed by atoms with Gasteiger partial charge in [-0.15, -0.1) is 0 Å². The number of nitrogens with zero attached hydrogens (tertiary/aromatic N) is 4. The summed E-state index contributed by atoms with van der Waals surface area (Å²) >= 11 is 0. The molecule has 2 N–H and O–H groups in total. The third kappa shape index (κ3) is 3.83. The highest BCUT2D eigenvalue weighted by Gasteiger charge is 2.28. The Kier molecular flexibility index (Phi) is 5.11. The van der Waals surface area contributed by atoms with Gasteiger partial charge in [0.2, 0.25) is 11.9 Å². The molecule has 0 spiro atoms. The molecule has 0 unspecified atom stereocenters. The summed E-state index contributed by atoms with van der Waals surface area (Å²) in [5.74, 6) is 2.86. The van der Waals surface area contributed by atoms with Crippen LogP contribution in [0, 0.1) is 12.8 Å². The first-order chi connectivity index (χ1) is 13.1. The number of hydrogen-bond acceptors (Lipinski definition) is 7. The highest BCUT2D eigenvalue weighted by atomic mass is 16.5. The number of rotatable bonds is 3. The first kappa shape index (κ1) is 18.0. The van der Waals surface area contributed by atoms with Crippen LogP contribution in [0.3, 0.4) is 0 Å². The van der Waals surface area contributed by atoms with Crippen molar-refractivity contribution in [3.63, 3.8) is 0 Å². The van der Waals surface area contributed by atoms with E-state index in [9.17, 15) is 0 Å². The fraction of sp³-hybridized carbons (Fsp3) is 0.550. The molecule has 1 fully saturated rings. The van der Waals surface area contributed by atoms with Crippen molar-refractivity contribution < 1.29 is 4.74 Å². The average Bonchev–Trinajstić information content (AvgIpc) is 2.69. The molecule has 144 valence electrons. The number of guanidine groups is 1. The van der Waals surface area contributed by atoms with E-state index >= 15 is 0 Å². The molecular formula is C20H28N6O. The largest absolute Gasteiger partial charge is 0.497 e. The van der Waals surface area contributed by atoms with E-state index in [0.29, 0.717) is 18.7 Å². The minimum atomic E-state index is 0.566. The van der Waals surface area contributed by atoms with Gasteiger partial charge in [0.1, 0.15) is 5.75 Å². The Balaban J connectivity index is 1.46. The minimum Gasteiger partial charge on any atom is -0.497 e. The quantitative estimate of drug-likeness (QED) is 0.867. The molecule has 2 aliphatic rings. The van der Waals surface area contributed by atoms with E-state index in [2.05, 4.69) is 37.4 Å². The van der Waals surface area contributed by atoms with Crippen molar-refractivity contribution in [2.45, 2.75) is 45.6 Å². The topological polar surface area (TPSA) is 74.7 Å². The maximum Gasteiger partial charge on any atom is 0.230 e. The van der Waals surface area contributed by atoms with Gasteiger partial charge in [-0.1, -0.05) is 19.8 Å². The van der Waals surface area contributed by atoms with E-state index in [1.807, 2.05) is 25.1 Å². The van der Waals surface area contributed by atoms with Crippen molar-refractivity contribution in [3.05, 3.63) is 23.9 Å². The Hall–Kier alpha value is -2.41. The van der Waals surface area contributed by atoms with Crippen LogP contribution in [0.15, 0.2) is 23.2 Å². The lowest BCUT2D eigenvalue weighted by Crippen LogP contribution is -2.52. The lowest BCUT2D eigenvalue weighted by atomic mass is 9.85. The molecule has 2 aromatic rings. The standard InChI is InChI=1S/C20H28N6O/c1-13-6-4-5-7-18(13)26-11-21-19(22-12-26)25-20-23-14(2)16-10-15(27-3)8-9-17(16)24-20/h8-10,13,18H,4-7,11-12H2,1-3H3,(H2,21,22,23,24,25)/t13-,18+/m0/s1. The molecule has 2 atom stereocenters. The predicted molar refractivity (Wildman–Crippen MR) is 108 cm³/mol. The van der Waals surface area contributed by atoms with Gasteiger partial charge in [0, 0.05) is 11.4 Å². The van der Waals surface area contributed by atoms with Gasteiger partial charge < -0.3 is 10.1 Å². The van der Waals surface area contributed by atoms with E-state index in [0.717, 1.165) is 40.9 Å². The lowest BCUT2D eigenvalue weighted by Gasteiger charge is -2.39. The molecular weight excluding hydrogens is 340 g/mol. The van der Waals surface area contributed by atoms with Crippen LogP contribution in [0.2, 0.25) is 0 Å². The maximum absolute atomic E-state index is 5.29. The van der Waals surface area contributed by atoms with Crippen molar-refractivity contribution in [1.29, 1.82) is 0 Å². The number of benzene rings is 1. The number of aryl methyl sites for hydroxylation is 1. The van der Waals surface area contributed by atoms with Crippen LogP contribution in [-0.2, 0) is 0 Å². The third-order valence-electron chi connectivity index (χ3n) is 5.72. The van der Waals surface area contributed by atoms with Crippen molar-refractivity contribution in [2.75, 3.05) is 25.8 Å². The monoisotopic (exact) mass is 368 g/mol. The minimum absolute atomic E-state index is 0.566. The van der Waals surface area contributed by atoms with Gasteiger partial charge >= 0.3 is 0 Å². The van der Waals surface area contributed by atoms with Gasteiger partial charge in [-0.2, -0.15) is 0 Å². The summed E-state index contributed by atoms with van der Waals surface area (Å²) in [4.78, 5) is 16.3. The van der Waals surface area contributed by atoms with E-state index in [1.54, 1.807) is 7.11 Å². The molecule has 1 saturated carbocycles. The summed E-state index contributed by atoms with van der Waals surface area (Å²) in [6, 6.07) is 6.47. The summed E-state index contributed by atoms with van der Waals surface area (Å²) in [7, 11) is 1.66. The maximum atomic E-state index is 5.29. The van der Waals surface area contributed by atoms with Crippen LogP contribution in [0.1, 0.15) is 38.3 Å². The van der Waals surface area contributed by atoms with Gasteiger partial charge in [0.05, 0.1) is 31.7 Å². The first-order valence-electron chi connectivity index (χ1n) is 9.76. The summed E-state index contributed by atoms with van der Waals surface area (Å²) < 4.78 is 5.29. The van der Waals surface area contributed by atoms with Gasteiger partial charge in [0.15, 0.2) is 0 Å². The second kappa shape index (κ2) is 7.68. The van der Waals surface area contributed by atoms with E-state index in [4.69, 9.17) is 4.74 Å². The Morgan fingerprint density at radius 1 is 1.22 bits per heavy atom. The van der Waals surface area contributed by atoms with E-state index in [1.165, 1.54) is 25.7 Å². The number of hydrogen-bond donors (Lipinski definition) is 2. The molecule has 4 rings (SSSR count). The highest BCUT2D eigenvalue weighted by Crippen LogP contribution is 2.28. The van der Waals surface area contributed by atoms with Gasteiger partial charge in [-0.25, -0.2) is 15.0 Å². The summed E-state index contributed by atoms with van der Waals surface area (Å²) in [6.07, 6.45) is 5.29. The van der Waals surface area contributed by atoms with Crippen LogP contribution in [-0.4, -0.2) is 47.3 Å². The van der Waals surface area contributed by atoms with Gasteiger partial charge in [-0.05, 0) is 43.9 Å². The van der Waals surface area contributed by atoms with Crippen molar-refractivity contribution in [2.24, 2.45) is 10.9 Å². The fourth-order valence-corrected chi connectivity index (χ4v) is 4.14. The molecule has 27 heavy (non-hydrogen) atoms. The summed E-state index contributed by atoms with van der Waals surface area (Å²) in [5, 5.41) is 7.62. The average molecular weight is 368 g/mol. The van der Waals surface area contributed by atoms with Crippen LogP contribution in [0.4, 0.5) is 5.95 Å². The molecule has 0 radical (unpaired) electrons. The van der Waals surface area contributed by atoms with Crippen LogP contribution in [0.5, 0.6) is 5.75 Å². The second-order valence-corrected chi connectivity index (χ2v) is 7.54. The van der Waals surface area contributed by atoms with Crippen molar-refractivity contribution in [3.8, 4) is 5.75 Å². The molecule has 0 amide bonds. The molecule has 1 aliphatic heterocycles. The lowest BCUT2D eigenvalue weighted by molar-refractivity contribution is 0.107. The third-order valence-corrected chi connectivity index (χ3v) is 5.72. The summed E-state index contributed by atoms with van der Waals surface area (Å²) in [5.41, 5.74) is 1.80. The summed E-state index contributed by atoms with van der Waals surface area (Å²) in [6.45, 7) is 5.87. The van der Waals surface area contributed by atoms with Crippen LogP contribution >= 0.6 is 0 Å². The number of aromatic nitrogens is 2. The Morgan fingerprint density at radius 2 is 2.07 bits per heavy atom. The molecule has 0 saturated heterocycles. The van der Waals surface area contributed by atoms with Crippen LogP contribution < -0.4 is 15.4 Å². The second-order valence-electron chi connectivity index (χ2n) is 7.54. The normalized spacial score (nSPS) is 23.6. The first-order valence-corrected chi connectivity index (χ1v) is 9.76. The SMILES string of the molecule is COc1ccc2nc(NC3=NCN([C@@H]4CCCC[C@@H]4C)CN3)nc(C)c2c1. The Bertz CT molecular complexity index is 852. The van der Waals surface area contributed by atoms with Crippen molar-refractivity contribution in [1.82, 2.24) is 20.2 Å². The highest BCUT2D eigenvalue weighted by molar-refractivity contribution is 5.93. The van der Waals surface area contributed by atoms with Gasteiger partial charge in [-0.3, -0.25) is 10.2 Å². The Morgan fingerprint density at radius 3 is 2.81 bits per heavy atom. The number of aliphatic imine (C=N–C) groups is 1. The zero-order valence-electron chi connectivity index (χ0n) is 16.3. The number of fused-ring (bicyclic) bond motifs is 1. The molecule has 7 heteroatoms. The van der Waals surface area contributed by atoms with Gasteiger partial charge in [0.25, 0.3) is 0 Å². The predicted octanol–water partition coefficient (Wildman–Crippen LogP) is 3.11. The number of anilines is 1. The zero-order valence-corrected chi connectivity index (χ0v) is 16.3. The molecule has 1 aromatic heterocycles. The number of nitrogens with one attached hydrogen (secondary N) is 2. The molecule has 2 heterocycles. The number of methoxy groups -OCH3 is 1. The molecule has 7 nitrogen and oxygen atoms in total. The Labute approximate surface area is 160 Å². The molecule has 1 aliphatic carbocycles. The van der Waals surface area contributed by atoms with Crippen molar-refractivity contribution >= 4 is 22.8 Å². The van der Waals surface area contributed by atoms with Crippen LogP contribution in [0.25, 0.3) is 10.9 Å². The van der Waals surface area contributed by atoms with E-state index in [-0.39, 0.29) is 0 Å².